The highest BCUT2D eigenvalue weighted by Gasteiger charge is 2.61. The molecular weight excluding hydrogens is 254 g/mol. The summed E-state index contributed by atoms with van der Waals surface area (Å²) in [5.41, 5.74) is 1.10. The van der Waals surface area contributed by atoms with E-state index in [9.17, 15) is 0 Å². The van der Waals surface area contributed by atoms with Crippen LogP contribution in [-0.2, 0) is 0 Å². The van der Waals surface area contributed by atoms with Crippen LogP contribution in [0.25, 0.3) is 0 Å². The SMILES string of the molecule is CCCC1CCCC(NC2CC3CCC2(C)C3(C)C)CC1. The Morgan fingerprint density at radius 2 is 1.81 bits per heavy atom. The van der Waals surface area contributed by atoms with Gasteiger partial charge in [0.2, 0.25) is 0 Å². The normalized spacial score (nSPS) is 45.7. The maximum atomic E-state index is 4.15. The molecule has 0 aliphatic heterocycles. The van der Waals surface area contributed by atoms with E-state index in [-0.39, 0.29) is 0 Å². The molecule has 3 fully saturated rings. The topological polar surface area (TPSA) is 12.0 Å². The molecule has 1 nitrogen and oxygen atoms in total. The van der Waals surface area contributed by atoms with E-state index in [1.807, 2.05) is 0 Å². The molecule has 1 heteroatoms. The van der Waals surface area contributed by atoms with Crippen molar-refractivity contribution in [1.82, 2.24) is 5.32 Å². The van der Waals surface area contributed by atoms with Crippen LogP contribution in [0, 0.1) is 22.7 Å². The molecule has 1 N–H and O–H groups in total. The first-order valence-electron chi connectivity index (χ1n) is 9.73. The van der Waals surface area contributed by atoms with Gasteiger partial charge >= 0.3 is 0 Å². The Kier molecular flexibility index (Phi) is 4.43. The highest BCUT2D eigenvalue weighted by atomic mass is 15.0. The largest absolute Gasteiger partial charge is 0.311 e. The van der Waals surface area contributed by atoms with Gasteiger partial charge in [-0.25, -0.2) is 0 Å². The second kappa shape index (κ2) is 5.87. The zero-order chi connectivity index (χ0) is 15.1. The van der Waals surface area contributed by atoms with Crippen molar-refractivity contribution >= 4 is 0 Å². The van der Waals surface area contributed by atoms with Crippen molar-refractivity contribution in [2.24, 2.45) is 22.7 Å². The molecule has 3 aliphatic carbocycles. The molecule has 0 aromatic carbocycles. The molecule has 0 aromatic heterocycles. The summed E-state index contributed by atoms with van der Waals surface area (Å²) in [4.78, 5) is 0. The molecular formula is C20H37N. The molecule has 3 aliphatic rings. The van der Waals surface area contributed by atoms with Crippen LogP contribution in [0.1, 0.15) is 91.9 Å². The van der Waals surface area contributed by atoms with Crippen LogP contribution in [-0.4, -0.2) is 12.1 Å². The van der Waals surface area contributed by atoms with E-state index < -0.39 is 0 Å². The highest BCUT2D eigenvalue weighted by molar-refractivity contribution is 5.13. The summed E-state index contributed by atoms with van der Waals surface area (Å²) < 4.78 is 0. The summed E-state index contributed by atoms with van der Waals surface area (Å²) in [5.74, 6) is 1.99. The van der Waals surface area contributed by atoms with Gasteiger partial charge in [0, 0.05) is 12.1 Å². The van der Waals surface area contributed by atoms with Gasteiger partial charge in [-0.2, -0.15) is 0 Å². The molecule has 3 saturated carbocycles. The summed E-state index contributed by atoms with van der Waals surface area (Å²) in [6.45, 7) is 10.0. The zero-order valence-corrected chi connectivity index (χ0v) is 14.9. The molecule has 5 unspecified atom stereocenters. The molecule has 122 valence electrons. The average molecular weight is 292 g/mol. The second-order valence-corrected chi connectivity index (χ2v) is 9.19. The van der Waals surface area contributed by atoms with Crippen LogP contribution in [0.5, 0.6) is 0 Å². The minimum Gasteiger partial charge on any atom is -0.311 e. The lowest BCUT2D eigenvalue weighted by Gasteiger charge is -2.41. The highest BCUT2D eigenvalue weighted by Crippen LogP contribution is 2.65. The zero-order valence-electron chi connectivity index (χ0n) is 14.9. The van der Waals surface area contributed by atoms with E-state index in [1.54, 1.807) is 0 Å². The van der Waals surface area contributed by atoms with Crippen molar-refractivity contribution in [1.29, 1.82) is 0 Å². The molecule has 0 heterocycles. The fourth-order valence-electron chi connectivity index (χ4n) is 5.98. The molecule has 5 atom stereocenters. The molecule has 0 aromatic rings. The van der Waals surface area contributed by atoms with Crippen LogP contribution in [0.15, 0.2) is 0 Å². The minimum absolute atomic E-state index is 0.548. The van der Waals surface area contributed by atoms with E-state index in [0.29, 0.717) is 10.8 Å². The van der Waals surface area contributed by atoms with E-state index in [2.05, 4.69) is 33.0 Å². The van der Waals surface area contributed by atoms with Gasteiger partial charge in [-0.1, -0.05) is 53.4 Å². The van der Waals surface area contributed by atoms with Crippen LogP contribution in [0.4, 0.5) is 0 Å². The number of hydrogen-bond donors (Lipinski definition) is 1. The first kappa shape index (κ1) is 15.8. The van der Waals surface area contributed by atoms with Gasteiger partial charge in [-0.3, -0.25) is 0 Å². The third kappa shape index (κ3) is 2.69. The average Bonchev–Trinajstić information content (AvgIpc) is 2.69. The monoisotopic (exact) mass is 291 g/mol. The van der Waals surface area contributed by atoms with Gasteiger partial charge in [0.05, 0.1) is 0 Å². The van der Waals surface area contributed by atoms with Gasteiger partial charge in [0.25, 0.3) is 0 Å². The molecule has 0 amide bonds. The summed E-state index contributed by atoms with van der Waals surface area (Å²) in [7, 11) is 0. The predicted molar refractivity (Wildman–Crippen MR) is 91.4 cm³/mol. The van der Waals surface area contributed by atoms with Crippen molar-refractivity contribution < 1.29 is 0 Å². The Hall–Kier alpha value is -0.0400. The molecule has 0 spiro atoms. The van der Waals surface area contributed by atoms with Gasteiger partial charge < -0.3 is 5.32 Å². The lowest BCUT2D eigenvalue weighted by molar-refractivity contribution is 0.113. The predicted octanol–water partition coefficient (Wildman–Crippen LogP) is 5.54. The Labute approximate surface area is 132 Å². The third-order valence-electron chi connectivity index (χ3n) is 8.02. The molecule has 0 saturated heterocycles. The number of fused-ring (bicyclic) bond motifs is 2. The Morgan fingerprint density at radius 1 is 1.00 bits per heavy atom. The van der Waals surface area contributed by atoms with Gasteiger partial charge in [-0.05, 0) is 61.2 Å². The first-order valence-corrected chi connectivity index (χ1v) is 9.73. The Bertz CT molecular complexity index is 361. The van der Waals surface area contributed by atoms with E-state index in [0.717, 1.165) is 23.9 Å². The lowest BCUT2D eigenvalue weighted by atomic mass is 9.69. The van der Waals surface area contributed by atoms with Crippen molar-refractivity contribution in [2.75, 3.05) is 0 Å². The second-order valence-electron chi connectivity index (χ2n) is 9.19. The number of rotatable bonds is 4. The minimum atomic E-state index is 0.548. The fourth-order valence-corrected chi connectivity index (χ4v) is 5.98. The maximum absolute atomic E-state index is 4.15. The van der Waals surface area contributed by atoms with E-state index in [1.165, 1.54) is 64.2 Å². The molecule has 3 rings (SSSR count). The summed E-state index contributed by atoms with van der Waals surface area (Å²) >= 11 is 0. The van der Waals surface area contributed by atoms with Crippen LogP contribution in [0.3, 0.4) is 0 Å². The molecule has 21 heavy (non-hydrogen) atoms. The smallest absolute Gasteiger partial charge is 0.0131 e. The van der Waals surface area contributed by atoms with Crippen molar-refractivity contribution in [3.63, 3.8) is 0 Å². The Balaban J connectivity index is 1.58. The Morgan fingerprint density at radius 3 is 2.43 bits per heavy atom. The van der Waals surface area contributed by atoms with Crippen LogP contribution >= 0.6 is 0 Å². The van der Waals surface area contributed by atoms with Gasteiger partial charge in [0.1, 0.15) is 0 Å². The maximum Gasteiger partial charge on any atom is 0.0131 e. The van der Waals surface area contributed by atoms with Crippen molar-refractivity contribution in [3.8, 4) is 0 Å². The van der Waals surface area contributed by atoms with Gasteiger partial charge in [0.15, 0.2) is 0 Å². The van der Waals surface area contributed by atoms with Crippen LogP contribution < -0.4 is 5.32 Å². The number of nitrogens with one attached hydrogen (secondary N) is 1. The fraction of sp³-hybridized carbons (Fsp3) is 1.00. The summed E-state index contributed by atoms with van der Waals surface area (Å²) in [6.07, 6.45) is 14.5. The quantitative estimate of drug-likeness (QED) is 0.671. The number of hydrogen-bond acceptors (Lipinski definition) is 1. The standard InChI is InChI=1S/C20H37N/c1-5-7-15-8-6-9-17(11-10-15)21-18-14-16-12-13-20(18,4)19(16,2)3/h15-18,21H,5-14H2,1-4H3. The summed E-state index contributed by atoms with van der Waals surface area (Å²) in [5, 5.41) is 4.15. The lowest BCUT2D eigenvalue weighted by Crippen LogP contribution is -2.48. The first-order chi connectivity index (χ1) is 9.97. The molecule has 0 radical (unpaired) electrons. The summed E-state index contributed by atoms with van der Waals surface area (Å²) in [6, 6.07) is 1.60. The van der Waals surface area contributed by atoms with E-state index in [4.69, 9.17) is 0 Å². The molecule has 2 bridgehead atoms. The van der Waals surface area contributed by atoms with E-state index >= 15 is 0 Å². The van der Waals surface area contributed by atoms with Crippen molar-refractivity contribution in [2.45, 2.75) is 104 Å². The van der Waals surface area contributed by atoms with Crippen molar-refractivity contribution in [3.05, 3.63) is 0 Å². The van der Waals surface area contributed by atoms with Crippen LogP contribution in [0.2, 0.25) is 0 Å². The third-order valence-corrected chi connectivity index (χ3v) is 8.02. The van der Waals surface area contributed by atoms with Gasteiger partial charge in [-0.15, -0.1) is 0 Å².